The Morgan fingerprint density at radius 1 is 1.10 bits per heavy atom. The van der Waals surface area contributed by atoms with Gasteiger partial charge in [-0.2, -0.15) is 15.1 Å². The Morgan fingerprint density at radius 3 is 2.56 bits per heavy atom. The highest BCUT2D eigenvalue weighted by molar-refractivity contribution is 7.89. The molecule has 2 aromatic carbocycles. The molecule has 2 aromatic heterocycles. The molecule has 2 aliphatic rings. The Bertz CT molecular complexity index is 1730. The molecule has 12 heteroatoms. The van der Waals surface area contributed by atoms with Gasteiger partial charge in [0.2, 0.25) is 16.0 Å². The fourth-order valence-corrected chi connectivity index (χ4v) is 6.85. The van der Waals surface area contributed by atoms with Gasteiger partial charge in [-0.3, -0.25) is 10.00 Å². The number of aromatic nitrogens is 4. The number of hydrogen-bond acceptors (Lipinski definition) is 9. The highest BCUT2D eigenvalue weighted by Crippen LogP contribution is 2.45. The van der Waals surface area contributed by atoms with Gasteiger partial charge >= 0.3 is 0 Å². The van der Waals surface area contributed by atoms with Crippen LogP contribution < -0.4 is 15.0 Å². The van der Waals surface area contributed by atoms with E-state index in [4.69, 9.17) is 14.7 Å². The first-order valence-electron chi connectivity index (χ1n) is 13.8. The van der Waals surface area contributed by atoms with Crippen LogP contribution in [0.4, 0.5) is 23.1 Å². The van der Waals surface area contributed by atoms with E-state index in [2.05, 4.69) is 46.5 Å². The number of aryl methyl sites for hydroxylation is 2. The number of nitrogens with one attached hydrogen (secondary N) is 2. The van der Waals surface area contributed by atoms with Crippen molar-refractivity contribution in [2.24, 2.45) is 0 Å². The summed E-state index contributed by atoms with van der Waals surface area (Å²) < 4.78 is 33.7. The fourth-order valence-electron chi connectivity index (χ4n) is 5.81. The molecule has 1 unspecified atom stereocenters. The minimum absolute atomic E-state index is 0.153. The average molecular weight is 577 g/mol. The van der Waals surface area contributed by atoms with Crippen LogP contribution in [-0.2, 0) is 10.0 Å². The van der Waals surface area contributed by atoms with Crippen molar-refractivity contribution in [3.8, 4) is 5.75 Å². The van der Waals surface area contributed by atoms with Crippen molar-refractivity contribution in [1.82, 2.24) is 29.4 Å². The zero-order valence-corrected chi connectivity index (χ0v) is 25.1. The summed E-state index contributed by atoms with van der Waals surface area (Å²) in [5.74, 6) is 2.20. The monoisotopic (exact) mass is 576 g/mol. The van der Waals surface area contributed by atoms with E-state index in [0.29, 0.717) is 34.4 Å². The van der Waals surface area contributed by atoms with Gasteiger partial charge in [0.1, 0.15) is 16.5 Å². The molecule has 2 aliphatic heterocycles. The molecule has 4 heterocycles. The Morgan fingerprint density at radius 2 is 1.83 bits per heavy atom. The lowest BCUT2D eigenvalue weighted by Crippen LogP contribution is -2.29. The highest BCUT2D eigenvalue weighted by Gasteiger charge is 2.34. The number of aromatic amines is 1. The summed E-state index contributed by atoms with van der Waals surface area (Å²) in [7, 11) is 1.50. The molecule has 0 radical (unpaired) electrons. The zero-order valence-electron chi connectivity index (χ0n) is 24.3. The predicted octanol–water partition coefficient (Wildman–Crippen LogP) is 4.65. The van der Waals surface area contributed by atoms with Gasteiger partial charge in [0.25, 0.3) is 0 Å². The second-order valence-corrected chi connectivity index (χ2v) is 13.3. The van der Waals surface area contributed by atoms with Gasteiger partial charge in [-0.05, 0) is 95.1 Å². The molecular formula is C29H36N8O3S. The van der Waals surface area contributed by atoms with Crippen LogP contribution in [0.1, 0.15) is 42.5 Å². The van der Waals surface area contributed by atoms with Crippen molar-refractivity contribution in [1.29, 1.82) is 0 Å². The number of H-pyrrole nitrogens is 1. The number of nitrogens with zero attached hydrogens (tertiary/aromatic N) is 6. The van der Waals surface area contributed by atoms with Gasteiger partial charge in [0.15, 0.2) is 11.9 Å². The summed E-state index contributed by atoms with van der Waals surface area (Å²) >= 11 is 0. The normalized spacial score (nSPS) is 18.2. The van der Waals surface area contributed by atoms with Gasteiger partial charge < -0.3 is 15.0 Å². The minimum Gasteiger partial charge on any atom is -0.468 e. The van der Waals surface area contributed by atoms with Crippen LogP contribution in [-0.4, -0.2) is 78.2 Å². The molecule has 11 nitrogen and oxygen atoms in total. The number of ether oxygens (including phenoxy) is 1. The average Bonchev–Trinajstić information content (AvgIpc) is 3.47. The second-order valence-electron chi connectivity index (χ2n) is 11.2. The molecule has 6 rings (SSSR count). The van der Waals surface area contributed by atoms with Crippen LogP contribution in [0, 0.1) is 13.8 Å². The maximum atomic E-state index is 13.1. The van der Waals surface area contributed by atoms with E-state index in [0.717, 1.165) is 43.1 Å². The second kappa shape index (κ2) is 10.3. The number of hydrogen-bond donors (Lipinski definition) is 2. The third-order valence-electron chi connectivity index (χ3n) is 8.12. The third-order valence-corrected chi connectivity index (χ3v) is 10.00. The molecule has 4 aromatic rings. The third kappa shape index (κ3) is 4.79. The summed E-state index contributed by atoms with van der Waals surface area (Å²) in [4.78, 5) is 14.2. The molecule has 2 N–H and O–H groups in total. The number of para-hydroxylation sites is 1. The zero-order chi connectivity index (χ0) is 29.1. The number of anilines is 4. The van der Waals surface area contributed by atoms with Gasteiger partial charge in [0, 0.05) is 19.8 Å². The maximum absolute atomic E-state index is 13.1. The van der Waals surface area contributed by atoms with Crippen molar-refractivity contribution >= 4 is 44.2 Å². The van der Waals surface area contributed by atoms with E-state index in [1.54, 1.807) is 24.3 Å². The topological polar surface area (TPSA) is 120 Å². The van der Waals surface area contributed by atoms with E-state index >= 15 is 0 Å². The number of sulfonamides is 1. The smallest absolute Gasteiger partial charge is 0.244 e. The lowest BCUT2D eigenvalue weighted by atomic mass is 9.86. The number of piperidine rings is 1. The first-order valence-corrected chi connectivity index (χ1v) is 15.3. The Balaban J connectivity index is 1.42. The van der Waals surface area contributed by atoms with E-state index in [-0.39, 0.29) is 11.1 Å². The van der Waals surface area contributed by atoms with Crippen LogP contribution in [0.3, 0.4) is 0 Å². The lowest BCUT2D eigenvalue weighted by Gasteiger charge is -2.30. The van der Waals surface area contributed by atoms with Gasteiger partial charge in [-0.15, -0.1) is 0 Å². The van der Waals surface area contributed by atoms with E-state index < -0.39 is 10.0 Å². The molecule has 1 fully saturated rings. The quantitative estimate of drug-likeness (QED) is 0.338. The summed E-state index contributed by atoms with van der Waals surface area (Å²) in [5, 5.41) is 11.4. The molecule has 0 amide bonds. The molecule has 41 heavy (non-hydrogen) atoms. The van der Waals surface area contributed by atoms with Crippen molar-refractivity contribution in [3.05, 3.63) is 53.2 Å². The van der Waals surface area contributed by atoms with Crippen molar-refractivity contribution in [2.75, 3.05) is 44.4 Å². The van der Waals surface area contributed by atoms with Gasteiger partial charge in [-0.1, -0.05) is 12.1 Å². The van der Waals surface area contributed by atoms with Crippen molar-refractivity contribution in [3.63, 3.8) is 0 Å². The summed E-state index contributed by atoms with van der Waals surface area (Å²) in [6.45, 7) is 8.20. The number of rotatable bonds is 6. The summed E-state index contributed by atoms with van der Waals surface area (Å²) in [6.07, 6.45) is 1.92. The molecule has 0 bridgehead atoms. The van der Waals surface area contributed by atoms with Gasteiger partial charge in [-0.25, -0.2) is 12.7 Å². The molecule has 0 aliphatic carbocycles. The molecule has 1 atom stereocenters. The van der Waals surface area contributed by atoms with Crippen LogP contribution in [0.2, 0.25) is 0 Å². The van der Waals surface area contributed by atoms with Crippen molar-refractivity contribution in [2.45, 2.75) is 50.7 Å². The number of likely N-dealkylation sites (tertiary alicyclic amines) is 1. The Hall–Kier alpha value is -3.74. The van der Waals surface area contributed by atoms with Crippen LogP contribution in [0.5, 0.6) is 5.75 Å². The predicted molar refractivity (Wildman–Crippen MR) is 160 cm³/mol. The van der Waals surface area contributed by atoms with E-state index in [9.17, 15) is 8.42 Å². The van der Waals surface area contributed by atoms with Crippen LogP contribution in [0.25, 0.3) is 11.0 Å². The SMILES string of the molecule is Cc1cc2c(cc1C1CCN(C)CC1)OC(C)N2c1nc(Nc2ccccc2S(=O)(=O)N(C)C)c2c(C)[nH]nc2n1. The summed E-state index contributed by atoms with van der Waals surface area (Å²) in [6, 6.07) is 11.2. The van der Waals surface area contributed by atoms with Crippen LogP contribution >= 0.6 is 0 Å². The molecule has 216 valence electrons. The first kappa shape index (κ1) is 27.4. The maximum Gasteiger partial charge on any atom is 0.244 e. The van der Waals surface area contributed by atoms with Gasteiger partial charge in [0.05, 0.1) is 16.8 Å². The largest absolute Gasteiger partial charge is 0.468 e. The highest BCUT2D eigenvalue weighted by atomic mass is 32.2. The summed E-state index contributed by atoms with van der Waals surface area (Å²) in [5.41, 5.74) is 5.12. The standard InChI is InChI=1S/C29H36N8O3S/c1-17-15-23-24(16-21(17)20-11-13-36(6)14-12-20)40-19(3)37(23)29-31-27(26-18(2)33-34-28(26)32-29)30-22-9-7-8-10-25(22)41(38,39)35(4)5/h7-10,15-16,19-20H,11-14H2,1-6H3,(H2,30,31,32,33,34). The first-order chi connectivity index (χ1) is 19.5. The number of benzene rings is 2. The molecule has 1 saturated heterocycles. The molecular weight excluding hydrogens is 540 g/mol. The molecule has 0 saturated carbocycles. The van der Waals surface area contributed by atoms with E-state index in [1.807, 2.05) is 18.7 Å². The Kier molecular flexibility index (Phi) is 6.87. The minimum atomic E-state index is -3.70. The van der Waals surface area contributed by atoms with Crippen LogP contribution in [0.15, 0.2) is 41.3 Å². The fraction of sp³-hybridized carbons (Fsp3) is 0.414. The molecule has 0 spiro atoms. The van der Waals surface area contributed by atoms with E-state index in [1.165, 1.54) is 29.5 Å². The van der Waals surface area contributed by atoms with Crippen molar-refractivity contribution < 1.29 is 13.2 Å². The Labute approximate surface area is 240 Å². The number of fused-ring (bicyclic) bond motifs is 2. The lowest BCUT2D eigenvalue weighted by molar-refractivity contribution is 0.249.